The molecule has 2 aromatic carbocycles. The van der Waals surface area contributed by atoms with Crippen LogP contribution in [-0.2, 0) is 9.59 Å². The van der Waals surface area contributed by atoms with Crippen molar-refractivity contribution in [1.82, 2.24) is 10.9 Å². The second-order valence-corrected chi connectivity index (χ2v) is 6.57. The molecule has 32 heavy (non-hydrogen) atoms. The van der Waals surface area contributed by atoms with Crippen LogP contribution in [0, 0.1) is 20.2 Å². The zero-order chi connectivity index (χ0) is 23.7. The van der Waals surface area contributed by atoms with E-state index in [2.05, 4.69) is 21.1 Å². The number of non-ortho nitro benzene ring substituents is 2. The number of nitrogens with one attached hydrogen (secondary N) is 2. The number of nitro groups is 2. The summed E-state index contributed by atoms with van der Waals surface area (Å²) in [5.41, 5.74) is 6.63. The zero-order valence-corrected chi connectivity index (χ0v) is 17.3. The molecule has 0 heterocycles. The molecular formula is C20H20N6O6. The second kappa shape index (κ2) is 11.1. The Kier molecular flexibility index (Phi) is 8.22. The Morgan fingerprint density at radius 3 is 1.31 bits per heavy atom. The van der Waals surface area contributed by atoms with Gasteiger partial charge in [0, 0.05) is 37.1 Å². The van der Waals surface area contributed by atoms with E-state index in [1.54, 1.807) is 13.8 Å². The van der Waals surface area contributed by atoms with Gasteiger partial charge in [-0.15, -0.1) is 0 Å². The smallest absolute Gasteiger partial charge is 0.269 e. The maximum absolute atomic E-state index is 11.9. The van der Waals surface area contributed by atoms with E-state index < -0.39 is 21.7 Å². The summed E-state index contributed by atoms with van der Waals surface area (Å²) >= 11 is 0. The van der Waals surface area contributed by atoms with Crippen LogP contribution in [0.15, 0.2) is 58.7 Å². The number of carbonyl (C=O) groups excluding carboxylic acids is 2. The molecule has 0 aliphatic rings. The predicted octanol–water partition coefficient (Wildman–Crippen LogP) is 2.66. The first kappa shape index (κ1) is 23.8. The van der Waals surface area contributed by atoms with Crippen molar-refractivity contribution in [2.45, 2.75) is 26.7 Å². The molecule has 12 nitrogen and oxygen atoms in total. The molecule has 0 bridgehead atoms. The van der Waals surface area contributed by atoms with E-state index in [1.807, 2.05) is 0 Å². The van der Waals surface area contributed by atoms with Gasteiger partial charge in [-0.25, -0.2) is 10.9 Å². The maximum atomic E-state index is 11.9. The number of rotatable bonds is 9. The molecule has 0 unspecified atom stereocenters. The largest absolute Gasteiger partial charge is 0.273 e. The highest BCUT2D eigenvalue weighted by atomic mass is 16.6. The lowest BCUT2D eigenvalue weighted by atomic mass is 10.1. The highest BCUT2D eigenvalue weighted by Gasteiger charge is 2.09. The van der Waals surface area contributed by atoms with Crippen molar-refractivity contribution in [2.75, 3.05) is 0 Å². The number of hydrazone groups is 2. The first-order chi connectivity index (χ1) is 15.2. The fourth-order valence-electron chi connectivity index (χ4n) is 2.41. The molecule has 12 heteroatoms. The summed E-state index contributed by atoms with van der Waals surface area (Å²) in [6.07, 6.45) is -0.260. The number of hydrogen-bond acceptors (Lipinski definition) is 8. The highest BCUT2D eigenvalue weighted by molar-refractivity contribution is 6.00. The van der Waals surface area contributed by atoms with Crippen LogP contribution in [0.2, 0.25) is 0 Å². The molecule has 0 atom stereocenters. The van der Waals surface area contributed by atoms with Crippen molar-refractivity contribution in [3.63, 3.8) is 0 Å². The van der Waals surface area contributed by atoms with Crippen LogP contribution in [0.5, 0.6) is 0 Å². The average Bonchev–Trinajstić information content (AvgIpc) is 2.79. The van der Waals surface area contributed by atoms with Crippen LogP contribution in [0.4, 0.5) is 11.4 Å². The molecular weight excluding hydrogens is 420 g/mol. The van der Waals surface area contributed by atoms with Gasteiger partial charge >= 0.3 is 0 Å². The minimum Gasteiger partial charge on any atom is -0.273 e. The van der Waals surface area contributed by atoms with E-state index >= 15 is 0 Å². The van der Waals surface area contributed by atoms with E-state index in [9.17, 15) is 29.8 Å². The van der Waals surface area contributed by atoms with E-state index in [1.165, 1.54) is 48.5 Å². The zero-order valence-electron chi connectivity index (χ0n) is 17.3. The fourth-order valence-corrected chi connectivity index (χ4v) is 2.41. The monoisotopic (exact) mass is 440 g/mol. The highest BCUT2D eigenvalue weighted by Crippen LogP contribution is 2.13. The summed E-state index contributed by atoms with van der Waals surface area (Å²) in [4.78, 5) is 44.1. The van der Waals surface area contributed by atoms with Crippen LogP contribution in [0.3, 0.4) is 0 Å². The van der Waals surface area contributed by atoms with Crippen molar-refractivity contribution < 1.29 is 19.4 Å². The van der Waals surface area contributed by atoms with Gasteiger partial charge in [-0.05, 0) is 49.2 Å². The van der Waals surface area contributed by atoms with Crippen molar-refractivity contribution >= 4 is 34.6 Å². The molecule has 2 amide bonds. The quantitative estimate of drug-likeness (QED) is 0.345. The first-order valence-corrected chi connectivity index (χ1v) is 9.33. The Labute approximate surface area is 182 Å². The number of amides is 2. The molecule has 166 valence electrons. The Hall–Kier alpha value is -4.48. The molecule has 0 radical (unpaired) electrons. The van der Waals surface area contributed by atoms with Crippen LogP contribution in [0.1, 0.15) is 37.8 Å². The number of hydrogen-bond donors (Lipinski definition) is 2. The molecule has 0 aromatic heterocycles. The molecule has 0 saturated carbocycles. The summed E-state index contributed by atoms with van der Waals surface area (Å²) in [6.45, 7) is 3.26. The third kappa shape index (κ3) is 7.09. The van der Waals surface area contributed by atoms with Crippen LogP contribution >= 0.6 is 0 Å². The molecule has 2 aromatic rings. The topological polar surface area (TPSA) is 169 Å². The Morgan fingerprint density at radius 2 is 1.03 bits per heavy atom. The number of benzene rings is 2. The summed E-state index contributed by atoms with van der Waals surface area (Å²) in [5.74, 6) is -0.977. The molecule has 2 N–H and O–H groups in total. The van der Waals surface area contributed by atoms with Crippen LogP contribution in [-0.4, -0.2) is 33.1 Å². The average molecular weight is 440 g/mol. The first-order valence-electron chi connectivity index (χ1n) is 9.33. The van der Waals surface area contributed by atoms with E-state index in [4.69, 9.17) is 0 Å². The lowest BCUT2D eigenvalue weighted by Crippen LogP contribution is -2.24. The lowest BCUT2D eigenvalue weighted by Gasteiger charge is -2.04. The van der Waals surface area contributed by atoms with E-state index in [0.29, 0.717) is 22.6 Å². The standard InChI is InChI=1S/C20H20N6O6/c1-13(15-3-7-17(8-4-15)25(29)30)21-23-19(27)11-12-20(28)24-22-14(2)16-5-9-18(10-6-16)26(31)32/h3-10H,11-12H2,1-2H3,(H,23,27)(H,24,28)/b21-13-,22-14-. The molecule has 0 aliphatic carbocycles. The summed E-state index contributed by atoms with van der Waals surface area (Å²) in [6, 6.07) is 11.4. The Bertz CT molecular complexity index is 989. The Morgan fingerprint density at radius 1 is 0.719 bits per heavy atom. The molecule has 0 spiro atoms. The summed E-state index contributed by atoms with van der Waals surface area (Å²) in [7, 11) is 0. The normalized spacial score (nSPS) is 11.6. The molecule has 0 aliphatic heterocycles. The second-order valence-electron chi connectivity index (χ2n) is 6.57. The van der Waals surface area contributed by atoms with Gasteiger partial charge in [0.1, 0.15) is 0 Å². The van der Waals surface area contributed by atoms with E-state index in [-0.39, 0.29) is 24.2 Å². The van der Waals surface area contributed by atoms with Crippen molar-refractivity contribution in [3.05, 3.63) is 79.9 Å². The van der Waals surface area contributed by atoms with Crippen molar-refractivity contribution in [3.8, 4) is 0 Å². The predicted molar refractivity (Wildman–Crippen MR) is 116 cm³/mol. The van der Waals surface area contributed by atoms with Crippen LogP contribution in [0.25, 0.3) is 0 Å². The molecule has 0 fully saturated rings. The lowest BCUT2D eigenvalue weighted by molar-refractivity contribution is -0.385. The van der Waals surface area contributed by atoms with Gasteiger partial charge in [0.05, 0.1) is 21.3 Å². The van der Waals surface area contributed by atoms with Crippen LogP contribution < -0.4 is 10.9 Å². The van der Waals surface area contributed by atoms with Gasteiger partial charge < -0.3 is 0 Å². The summed E-state index contributed by atoms with van der Waals surface area (Å²) < 4.78 is 0. The number of nitro benzene ring substituents is 2. The third-order valence-corrected chi connectivity index (χ3v) is 4.27. The number of carbonyl (C=O) groups is 2. The summed E-state index contributed by atoms with van der Waals surface area (Å²) in [5, 5.41) is 29.2. The third-order valence-electron chi connectivity index (χ3n) is 4.27. The molecule has 2 rings (SSSR count). The fraction of sp³-hybridized carbons (Fsp3) is 0.200. The van der Waals surface area contributed by atoms with Crippen molar-refractivity contribution in [2.24, 2.45) is 10.2 Å². The van der Waals surface area contributed by atoms with Gasteiger partial charge in [0.25, 0.3) is 11.4 Å². The maximum Gasteiger partial charge on any atom is 0.269 e. The Balaban J connectivity index is 1.81. The van der Waals surface area contributed by atoms with Gasteiger partial charge in [-0.1, -0.05) is 0 Å². The SMILES string of the molecule is C/C(=N/NC(=O)CCC(=O)N/N=C(/C)c1ccc([N+](=O)[O-])cc1)c1ccc([N+](=O)[O-])cc1. The van der Waals surface area contributed by atoms with Gasteiger partial charge in [-0.3, -0.25) is 29.8 Å². The van der Waals surface area contributed by atoms with E-state index in [0.717, 1.165) is 0 Å². The molecule has 0 saturated heterocycles. The minimum atomic E-state index is -0.513. The van der Waals surface area contributed by atoms with Gasteiger partial charge in [0.2, 0.25) is 11.8 Å². The van der Waals surface area contributed by atoms with Gasteiger partial charge in [-0.2, -0.15) is 10.2 Å². The van der Waals surface area contributed by atoms with Gasteiger partial charge in [0.15, 0.2) is 0 Å². The minimum absolute atomic E-state index is 0.0527. The number of nitrogens with zero attached hydrogens (tertiary/aromatic N) is 4. The van der Waals surface area contributed by atoms with Crippen molar-refractivity contribution in [1.29, 1.82) is 0 Å².